The van der Waals surface area contributed by atoms with Gasteiger partial charge in [-0.05, 0) is 25.5 Å². The summed E-state index contributed by atoms with van der Waals surface area (Å²) in [6, 6.07) is 8.22. The number of imidazole rings is 1. The molecule has 0 spiro atoms. The fourth-order valence-electron chi connectivity index (χ4n) is 3.10. The highest BCUT2D eigenvalue weighted by Crippen LogP contribution is 2.19. The Kier molecular flexibility index (Phi) is 4.01. The number of aromatic amines is 1. The highest BCUT2D eigenvalue weighted by molar-refractivity contribution is 7.09. The van der Waals surface area contributed by atoms with Crippen LogP contribution in [0.2, 0.25) is 0 Å². The lowest BCUT2D eigenvalue weighted by Crippen LogP contribution is -2.31. The summed E-state index contributed by atoms with van der Waals surface area (Å²) in [6.07, 6.45) is 1.15. The standard InChI is InChI=1S/C17H21N5S/c1-13-12-23-16(18-13)11-21-7-4-8-22(10-9-21)17-19-14-5-2-3-6-15(14)20-17/h2-3,5-6,12H,4,7-11H2,1H3,(H,19,20). The largest absolute Gasteiger partial charge is 0.341 e. The first-order chi connectivity index (χ1) is 11.3. The molecule has 1 saturated heterocycles. The second kappa shape index (κ2) is 6.29. The van der Waals surface area contributed by atoms with Gasteiger partial charge < -0.3 is 9.88 Å². The summed E-state index contributed by atoms with van der Waals surface area (Å²) in [7, 11) is 0. The predicted octanol–water partition coefficient (Wildman–Crippen LogP) is 3.04. The third kappa shape index (κ3) is 3.23. The molecule has 3 heterocycles. The van der Waals surface area contributed by atoms with Gasteiger partial charge in [0.25, 0.3) is 0 Å². The Morgan fingerprint density at radius 3 is 2.87 bits per heavy atom. The Balaban J connectivity index is 1.44. The Morgan fingerprint density at radius 2 is 2.04 bits per heavy atom. The molecule has 4 rings (SSSR count). The molecule has 1 aliphatic heterocycles. The van der Waals surface area contributed by atoms with Crippen LogP contribution < -0.4 is 4.90 Å². The van der Waals surface area contributed by atoms with Gasteiger partial charge in [0.05, 0.1) is 17.6 Å². The fraction of sp³-hybridized carbons (Fsp3) is 0.412. The molecule has 0 aliphatic carbocycles. The van der Waals surface area contributed by atoms with Crippen LogP contribution in [0.25, 0.3) is 11.0 Å². The first-order valence-electron chi connectivity index (χ1n) is 8.11. The van der Waals surface area contributed by atoms with Crippen LogP contribution in [0.4, 0.5) is 5.95 Å². The van der Waals surface area contributed by atoms with Crippen LogP contribution in [0, 0.1) is 6.92 Å². The molecule has 0 amide bonds. The number of aryl methyl sites for hydroxylation is 1. The van der Waals surface area contributed by atoms with Crippen molar-refractivity contribution in [2.24, 2.45) is 0 Å². The van der Waals surface area contributed by atoms with E-state index in [-0.39, 0.29) is 0 Å². The molecule has 1 aliphatic rings. The zero-order valence-corrected chi connectivity index (χ0v) is 14.1. The minimum Gasteiger partial charge on any atom is -0.341 e. The summed E-state index contributed by atoms with van der Waals surface area (Å²) < 4.78 is 0. The van der Waals surface area contributed by atoms with Gasteiger partial charge in [-0.25, -0.2) is 9.97 Å². The topological polar surface area (TPSA) is 48.0 Å². The first kappa shape index (κ1) is 14.7. The number of hydrogen-bond acceptors (Lipinski definition) is 5. The highest BCUT2D eigenvalue weighted by Gasteiger charge is 2.18. The fourth-order valence-corrected chi connectivity index (χ4v) is 3.91. The summed E-state index contributed by atoms with van der Waals surface area (Å²) in [5.74, 6) is 0.998. The number of nitrogens with zero attached hydrogens (tertiary/aromatic N) is 4. The van der Waals surface area contributed by atoms with Crippen LogP contribution in [0.1, 0.15) is 17.1 Å². The molecule has 0 bridgehead atoms. The molecule has 0 unspecified atom stereocenters. The van der Waals surface area contributed by atoms with Crippen LogP contribution >= 0.6 is 11.3 Å². The molecule has 5 nitrogen and oxygen atoms in total. The number of aromatic nitrogens is 3. The predicted molar refractivity (Wildman–Crippen MR) is 95.1 cm³/mol. The molecule has 6 heteroatoms. The van der Waals surface area contributed by atoms with Crippen molar-refractivity contribution < 1.29 is 0 Å². The van der Waals surface area contributed by atoms with Crippen LogP contribution in [0.3, 0.4) is 0 Å². The molecule has 0 atom stereocenters. The smallest absolute Gasteiger partial charge is 0.203 e. The van der Waals surface area contributed by atoms with Crippen molar-refractivity contribution in [3.05, 3.63) is 40.3 Å². The lowest BCUT2D eigenvalue weighted by atomic mass is 10.3. The van der Waals surface area contributed by atoms with Gasteiger partial charge >= 0.3 is 0 Å². The van der Waals surface area contributed by atoms with Gasteiger partial charge in [0, 0.05) is 37.3 Å². The van der Waals surface area contributed by atoms with Gasteiger partial charge in [-0.2, -0.15) is 0 Å². The molecular formula is C17H21N5S. The van der Waals surface area contributed by atoms with Gasteiger partial charge in [-0.15, -0.1) is 11.3 Å². The van der Waals surface area contributed by atoms with Crippen LogP contribution in [-0.2, 0) is 6.54 Å². The Hall–Kier alpha value is -1.92. The normalized spacial score (nSPS) is 16.8. The van der Waals surface area contributed by atoms with Crippen molar-refractivity contribution in [3.63, 3.8) is 0 Å². The molecule has 1 fully saturated rings. The number of thiazole rings is 1. The van der Waals surface area contributed by atoms with Gasteiger partial charge in [0.15, 0.2) is 0 Å². The minimum atomic E-state index is 0.965. The van der Waals surface area contributed by atoms with Crippen molar-refractivity contribution in [3.8, 4) is 0 Å². The van der Waals surface area contributed by atoms with Gasteiger partial charge in [-0.1, -0.05) is 12.1 Å². The number of nitrogens with one attached hydrogen (secondary N) is 1. The summed E-state index contributed by atoms with van der Waals surface area (Å²) in [5.41, 5.74) is 3.28. The van der Waals surface area contributed by atoms with E-state index in [0.29, 0.717) is 0 Å². The average Bonchev–Trinajstić information content (AvgIpc) is 3.08. The van der Waals surface area contributed by atoms with E-state index in [4.69, 9.17) is 4.98 Å². The number of fused-ring (bicyclic) bond motifs is 1. The van der Waals surface area contributed by atoms with E-state index < -0.39 is 0 Å². The second-order valence-corrected chi connectivity index (χ2v) is 7.02. The van der Waals surface area contributed by atoms with Crippen LogP contribution in [0.5, 0.6) is 0 Å². The number of H-pyrrole nitrogens is 1. The van der Waals surface area contributed by atoms with Gasteiger partial charge in [0.1, 0.15) is 5.01 Å². The molecule has 0 saturated carbocycles. The molecule has 2 aromatic heterocycles. The molecule has 120 valence electrons. The maximum absolute atomic E-state index is 4.73. The summed E-state index contributed by atoms with van der Waals surface area (Å²) in [6.45, 7) is 7.25. The Labute approximate surface area is 140 Å². The SMILES string of the molecule is Cc1csc(CN2CCCN(c3nc4ccccc4[nH]3)CC2)n1. The molecular weight excluding hydrogens is 306 g/mol. The maximum atomic E-state index is 4.73. The number of hydrogen-bond donors (Lipinski definition) is 1. The highest BCUT2D eigenvalue weighted by atomic mass is 32.1. The van der Waals surface area contributed by atoms with E-state index in [0.717, 1.165) is 61.8 Å². The summed E-state index contributed by atoms with van der Waals surface area (Å²) in [4.78, 5) is 17.6. The number of para-hydroxylation sites is 2. The quantitative estimate of drug-likeness (QED) is 0.803. The lowest BCUT2D eigenvalue weighted by Gasteiger charge is -2.20. The number of anilines is 1. The third-order valence-corrected chi connectivity index (χ3v) is 5.24. The van der Waals surface area contributed by atoms with Crippen molar-refractivity contribution in [1.82, 2.24) is 19.9 Å². The van der Waals surface area contributed by atoms with Crippen molar-refractivity contribution in [2.75, 3.05) is 31.1 Å². The lowest BCUT2D eigenvalue weighted by molar-refractivity contribution is 0.285. The van der Waals surface area contributed by atoms with Crippen molar-refractivity contribution in [1.29, 1.82) is 0 Å². The van der Waals surface area contributed by atoms with E-state index in [9.17, 15) is 0 Å². The van der Waals surface area contributed by atoms with E-state index in [1.54, 1.807) is 11.3 Å². The van der Waals surface area contributed by atoms with Crippen molar-refractivity contribution in [2.45, 2.75) is 19.9 Å². The number of rotatable bonds is 3. The molecule has 23 heavy (non-hydrogen) atoms. The first-order valence-corrected chi connectivity index (χ1v) is 8.99. The third-order valence-electron chi connectivity index (χ3n) is 4.29. The molecule has 3 aromatic rings. The minimum absolute atomic E-state index is 0.965. The Morgan fingerprint density at radius 1 is 1.13 bits per heavy atom. The molecule has 1 N–H and O–H groups in total. The Bertz CT molecular complexity index is 760. The zero-order valence-electron chi connectivity index (χ0n) is 13.3. The van der Waals surface area contributed by atoms with E-state index in [2.05, 4.69) is 44.2 Å². The summed E-state index contributed by atoms with van der Waals surface area (Å²) in [5, 5.41) is 3.35. The number of benzene rings is 1. The second-order valence-electron chi connectivity index (χ2n) is 6.08. The van der Waals surface area contributed by atoms with E-state index in [1.165, 1.54) is 5.01 Å². The average molecular weight is 327 g/mol. The van der Waals surface area contributed by atoms with Crippen molar-refractivity contribution >= 4 is 28.3 Å². The molecule has 0 radical (unpaired) electrons. The van der Waals surface area contributed by atoms with E-state index in [1.807, 2.05) is 12.1 Å². The van der Waals surface area contributed by atoms with Gasteiger partial charge in [0.2, 0.25) is 5.95 Å². The summed E-state index contributed by atoms with van der Waals surface area (Å²) >= 11 is 1.77. The molecule has 1 aromatic carbocycles. The zero-order chi connectivity index (χ0) is 15.6. The van der Waals surface area contributed by atoms with Crippen LogP contribution in [-0.4, -0.2) is 46.0 Å². The van der Waals surface area contributed by atoms with E-state index >= 15 is 0 Å². The van der Waals surface area contributed by atoms with Gasteiger partial charge in [-0.3, -0.25) is 4.90 Å². The maximum Gasteiger partial charge on any atom is 0.203 e. The monoisotopic (exact) mass is 327 g/mol. The van der Waals surface area contributed by atoms with Crippen LogP contribution in [0.15, 0.2) is 29.6 Å².